The predicted octanol–water partition coefficient (Wildman–Crippen LogP) is 3.49. The van der Waals surface area contributed by atoms with Gasteiger partial charge in [-0.3, -0.25) is 9.69 Å². The molecule has 1 amide bonds. The summed E-state index contributed by atoms with van der Waals surface area (Å²) in [7, 11) is 0. The van der Waals surface area contributed by atoms with Crippen LogP contribution in [0.3, 0.4) is 0 Å². The molecule has 2 fully saturated rings. The molecule has 2 heterocycles. The van der Waals surface area contributed by atoms with Crippen LogP contribution in [0, 0.1) is 5.92 Å². The molecule has 148 valence electrons. The summed E-state index contributed by atoms with van der Waals surface area (Å²) in [4.78, 5) is 17.3. The van der Waals surface area contributed by atoms with E-state index in [0.29, 0.717) is 18.4 Å². The molecule has 28 heavy (non-hydrogen) atoms. The minimum atomic E-state index is 0.185. The van der Waals surface area contributed by atoms with Gasteiger partial charge in [-0.25, -0.2) is 0 Å². The summed E-state index contributed by atoms with van der Waals surface area (Å²) < 4.78 is 0. The number of carbonyl (C=O) groups excluding carboxylic acids is 1. The van der Waals surface area contributed by atoms with Crippen molar-refractivity contribution >= 4 is 5.91 Å². The maximum absolute atomic E-state index is 12.8. The lowest BCUT2D eigenvalue weighted by Crippen LogP contribution is -2.35. The topological polar surface area (TPSA) is 49.6 Å². The summed E-state index contributed by atoms with van der Waals surface area (Å²) in [6.07, 6.45) is 3.49. The Morgan fingerprint density at radius 1 is 0.964 bits per heavy atom. The number of hydrogen-bond donors (Lipinski definition) is 1. The Morgan fingerprint density at radius 3 is 2.50 bits per heavy atom. The molecule has 2 atom stereocenters. The first-order valence-electron chi connectivity index (χ1n) is 10.6. The molecule has 0 aromatic heterocycles. The van der Waals surface area contributed by atoms with E-state index in [0.717, 1.165) is 51.1 Å². The highest BCUT2D eigenvalue weighted by Gasteiger charge is 2.32. The Bertz CT molecular complexity index is 785. The van der Waals surface area contributed by atoms with Gasteiger partial charge in [-0.2, -0.15) is 0 Å². The van der Waals surface area contributed by atoms with Crippen molar-refractivity contribution in [1.82, 2.24) is 9.80 Å². The van der Waals surface area contributed by atoms with E-state index < -0.39 is 0 Å². The molecule has 2 saturated heterocycles. The van der Waals surface area contributed by atoms with Crippen molar-refractivity contribution in [2.75, 3.05) is 32.7 Å². The second kappa shape index (κ2) is 8.89. The number of carbonyl (C=O) groups is 1. The van der Waals surface area contributed by atoms with Gasteiger partial charge < -0.3 is 10.6 Å². The number of rotatable bonds is 5. The summed E-state index contributed by atoms with van der Waals surface area (Å²) in [6.45, 7) is 5.42. The van der Waals surface area contributed by atoms with Crippen molar-refractivity contribution < 1.29 is 4.79 Å². The molecule has 4 nitrogen and oxygen atoms in total. The monoisotopic (exact) mass is 377 g/mol. The Balaban J connectivity index is 1.44. The van der Waals surface area contributed by atoms with Gasteiger partial charge in [0.2, 0.25) is 0 Å². The van der Waals surface area contributed by atoms with E-state index in [1.807, 2.05) is 17.0 Å². The summed E-state index contributed by atoms with van der Waals surface area (Å²) in [5.41, 5.74) is 9.51. The Labute approximate surface area is 168 Å². The third-order valence-electron chi connectivity index (χ3n) is 6.27. The van der Waals surface area contributed by atoms with Crippen LogP contribution in [0.2, 0.25) is 0 Å². The summed E-state index contributed by atoms with van der Waals surface area (Å²) in [6, 6.07) is 18.9. The molecule has 0 spiro atoms. The number of benzene rings is 2. The van der Waals surface area contributed by atoms with Gasteiger partial charge in [0.05, 0.1) is 0 Å². The molecule has 4 rings (SSSR count). The largest absolute Gasteiger partial charge is 0.339 e. The molecule has 2 aliphatic heterocycles. The number of piperidine rings is 1. The average molecular weight is 378 g/mol. The zero-order valence-electron chi connectivity index (χ0n) is 16.6. The van der Waals surface area contributed by atoms with Gasteiger partial charge in [0.15, 0.2) is 0 Å². The zero-order valence-corrected chi connectivity index (χ0v) is 16.6. The van der Waals surface area contributed by atoms with Crippen LogP contribution in [-0.4, -0.2) is 48.4 Å². The smallest absolute Gasteiger partial charge is 0.253 e. The molecule has 0 unspecified atom stereocenters. The number of likely N-dealkylation sites (tertiary alicyclic amines) is 2. The highest BCUT2D eigenvalue weighted by atomic mass is 16.2. The average Bonchev–Trinajstić information content (AvgIpc) is 3.17. The van der Waals surface area contributed by atoms with E-state index >= 15 is 0 Å². The highest BCUT2D eigenvalue weighted by Crippen LogP contribution is 2.32. The lowest BCUT2D eigenvalue weighted by molar-refractivity contribution is 0.0724. The molecule has 4 heteroatoms. The van der Waals surface area contributed by atoms with Crippen LogP contribution in [0.25, 0.3) is 0 Å². The van der Waals surface area contributed by atoms with Gasteiger partial charge in [-0.1, -0.05) is 42.5 Å². The van der Waals surface area contributed by atoms with Crippen LogP contribution in [0.15, 0.2) is 54.6 Å². The summed E-state index contributed by atoms with van der Waals surface area (Å²) in [5.74, 6) is 1.16. The van der Waals surface area contributed by atoms with Crippen molar-refractivity contribution in [3.63, 3.8) is 0 Å². The van der Waals surface area contributed by atoms with Crippen LogP contribution < -0.4 is 5.73 Å². The maximum Gasteiger partial charge on any atom is 0.253 e. The van der Waals surface area contributed by atoms with E-state index in [2.05, 4.69) is 47.4 Å². The lowest BCUT2D eigenvalue weighted by atomic mass is 9.89. The molecular formula is C24H31N3O. The minimum Gasteiger partial charge on any atom is -0.339 e. The van der Waals surface area contributed by atoms with E-state index in [-0.39, 0.29) is 5.91 Å². The van der Waals surface area contributed by atoms with E-state index in [9.17, 15) is 4.79 Å². The number of amides is 1. The van der Waals surface area contributed by atoms with Gasteiger partial charge >= 0.3 is 0 Å². The molecule has 2 aliphatic rings. The third-order valence-corrected chi connectivity index (χ3v) is 6.27. The van der Waals surface area contributed by atoms with Gasteiger partial charge in [-0.15, -0.1) is 0 Å². The molecule has 0 aliphatic carbocycles. The highest BCUT2D eigenvalue weighted by molar-refractivity contribution is 5.94. The van der Waals surface area contributed by atoms with Crippen LogP contribution in [0.1, 0.15) is 46.7 Å². The van der Waals surface area contributed by atoms with Gasteiger partial charge in [0, 0.05) is 44.2 Å². The van der Waals surface area contributed by atoms with Gasteiger partial charge in [0.1, 0.15) is 0 Å². The molecule has 0 radical (unpaired) electrons. The quantitative estimate of drug-likeness (QED) is 0.868. The fraction of sp³-hybridized carbons (Fsp3) is 0.458. The standard InChI is InChI=1S/C24H31N3O/c25-15-22-17-26(18-23(22)20-9-3-1-4-10-20)16-19-8-7-11-21(14-19)24(28)27-12-5-2-6-13-27/h1,3-4,7-11,14,22-23H,2,5-6,12-13,15-18,25H2/t22-,23+/m1/s1. The number of nitrogens with zero attached hydrogens (tertiary/aromatic N) is 2. The first-order valence-corrected chi connectivity index (χ1v) is 10.6. The molecular weight excluding hydrogens is 346 g/mol. The second-order valence-electron chi connectivity index (χ2n) is 8.26. The van der Waals surface area contributed by atoms with Crippen LogP contribution in [-0.2, 0) is 6.54 Å². The van der Waals surface area contributed by atoms with E-state index in [4.69, 9.17) is 5.73 Å². The van der Waals surface area contributed by atoms with Crippen molar-refractivity contribution in [3.8, 4) is 0 Å². The van der Waals surface area contributed by atoms with Gasteiger partial charge in [0.25, 0.3) is 5.91 Å². The lowest BCUT2D eigenvalue weighted by Gasteiger charge is -2.27. The molecule has 2 aromatic carbocycles. The molecule has 2 N–H and O–H groups in total. The summed E-state index contributed by atoms with van der Waals surface area (Å²) in [5, 5.41) is 0. The first-order chi connectivity index (χ1) is 13.7. The fourth-order valence-corrected chi connectivity index (χ4v) is 4.75. The van der Waals surface area contributed by atoms with Crippen molar-refractivity contribution in [2.24, 2.45) is 11.7 Å². The number of nitrogens with two attached hydrogens (primary N) is 1. The first kappa shape index (κ1) is 19.2. The number of hydrogen-bond acceptors (Lipinski definition) is 3. The second-order valence-corrected chi connectivity index (χ2v) is 8.26. The fourth-order valence-electron chi connectivity index (χ4n) is 4.75. The van der Waals surface area contributed by atoms with Crippen LogP contribution in [0.5, 0.6) is 0 Å². The Morgan fingerprint density at radius 2 is 1.75 bits per heavy atom. The predicted molar refractivity (Wildman–Crippen MR) is 113 cm³/mol. The zero-order chi connectivity index (χ0) is 19.3. The summed E-state index contributed by atoms with van der Waals surface area (Å²) >= 11 is 0. The van der Waals surface area contributed by atoms with Crippen LogP contribution >= 0.6 is 0 Å². The third kappa shape index (κ3) is 4.29. The van der Waals surface area contributed by atoms with E-state index in [1.54, 1.807) is 0 Å². The van der Waals surface area contributed by atoms with Crippen molar-refractivity contribution in [2.45, 2.75) is 31.7 Å². The Hall–Kier alpha value is -2.17. The molecule has 0 saturated carbocycles. The van der Waals surface area contributed by atoms with Gasteiger partial charge in [-0.05, 0) is 55.0 Å². The van der Waals surface area contributed by atoms with Crippen molar-refractivity contribution in [1.29, 1.82) is 0 Å². The Kier molecular flexibility index (Phi) is 6.08. The van der Waals surface area contributed by atoms with E-state index in [1.165, 1.54) is 17.5 Å². The molecule has 0 bridgehead atoms. The minimum absolute atomic E-state index is 0.185. The van der Waals surface area contributed by atoms with Crippen LogP contribution in [0.4, 0.5) is 0 Å². The van der Waals surface area contributed by atoms with Crippen molar-refractivity contribution in [3.05, 3.63) is 71.3 Å². The normalized spacial score (nSPS) is 23.1. The SMILES string of the molecule is NC[C@@H]1CN(Cc2cccc(C(=O)N3CCCCC3)c2)C[C@H]1c1ccccc1. The maximum atomic E-state index is 12.8. The molecule has 2 aromatic rings.